The van der Waals surface area contributed by atoms with Crippen LogP contribution >= 0.6 is 11.6 Å². The van der Waals surface area contributed by atoms with Crippen molar-refractivity contribution in [2.45, 2.75) is 99.1 Å². The third-order valence-electron chi connectivity index (χ3n) is 12.7. The zero-order valence-electron chi connectivity index (χ0n) is 35.1. The molecule has 0 radical (unpaired) electrons. The first-order valence-electron chi connectivity index (χ1n) is 20.5. The minimum absolute atomic E-state index is 0.00805. The van der Waals surface area contributed by atoms with Crippen molar-refractivity contribution in [2.75, 3.05) is 5.32 Å². The van der Waals surface area contributed by atoms with Crippen LogP contribution < -0.4 is 10.9 Å². The van der Waals surface area contributed by atoms with E-state index in [1.54, 1.807) is 6.92 Å². The van der Waals surface area contributed by atoms with E-state index in [-0.39, 0.29) is 51.3 Å². The SMILES string of the molecule is CC(=O)O[C@@H]1[C@@H](C)O[C@@H](c2ccc3c(c2O)[C@@H](O)[C@]24OC2(C3=O)[C@@]2(O)C(=O)C=C(C)C[C@@]2(O)C[C@@H]4O)C[C@H]1OC(=O)/C=C/C=C/C=C/C=C/C(=O)Nc1c(O)c2ccc(O)c(Cl)c2oc1=O. The molecule has 346 valence electrons. The van der Waals surface area contributed by atoms with Crippen molar-refractivity contribution in [1.29, 1.82) is 0 Å². The molecule has 2 aromatic carbocycles. The highest BCUT2D eigenvalue weighted by molar-refractivity contribution is 6.36. The number of phenols is 2. The van der Waals surface area contributed by atoms with E-state index in [1.807, 2.05) is 0 Å². The van der Waals surface area contributed by atoms with Gasteiger partial charge in [0.25, 0.3) is 0 Å². The summed E-state index contributed by atoms with van der Waals surface area (Å²) >= 11 is 5.94. The molecule has 20 heteroatoms. The Morgan fingerprint density at radius 1 is 0.924 bits per heavy atom. The fourth-order valence-electron chi connectivity index (χ4n) is 9.78. The van der Waals surface area contributed by atoms with Gasteiger partial charge in [-0.05, 0) is 32.1 Å². The number of fused-ring (bicyclic) bond motifs is 3. The van der Waals surface area contributed by atoms with Crippen molar-refractivity contribution in [3.63, 3.8) is 0 Å². The maximum Gasteiger partial charge on any atom is 0.364 e. The highest BCUT2D eigenvalue weighted by Crippen LogP contribution is 2.74. The number of halogens is 1. The molecule has 8 rings (SSSR count). The molecule has 1 saturated carbocycles. The molecule has 2 saturated heterocycles. The molecule has 10 atom stereocenters. The number of epoxide rings is 1. The van der Waals surface area contributed by atoms with E-state index in [0.717, 1.165) is 25.2 Å². The van der Waals surface area contributed by atoms with Gasteiger partial charge in [0.15, 0.2) is 40.1 Å². The van der Waals surface area contributed by atoms with Crippen LogP contribution in [0.15, 0.2) is 93.7 Å². The number of carbonyl (C=O) groups excluding carboxylic acids is 5. The van der Waals surface area contributed by atoms with Crippen molar-refractivity contribution < 1.29 is 83.1 Å². The molecule has 5 aliphatic rings. The first kappa shape index (κ1) is 46.1. The lowest BCUT2D eigenvalue weighted by molar-refractivity contribution is -0.210. The van der Waals surface area contributed by atoms with Crippen molar-refractivity contribution in [3.8, 4) is 17.2 Å². The second-order valence-corrected chi connectivity index (χ2v) is 17.1. The van der Waals surface area contributed by atoms with Gasteiger partial charge in [-0.2, -0.15) is 0 Å². The molecular formula is C46H42ClNO18. The summed E-state index contributed by atoms with van der Waals surface area (Å²) in [5.74, 6) is -6.08. The number of carbonyl (C=O) groups is 5. The molecule has 3 aliphatic carbocycles. The molecular weight excluding hydrogens is 890 g/mol. The van der Waals surface area contributed by atoms with E-state index < -0.39 is 118 Å². The summed E-state index contributed by atoms with van der Waals surface area (Å²) in [7, 11) is 0. The van der Waals surface area contributed by atoms with E-state index in [1.165, 1.54) is 67.6 Å². The number of aliphatic hydroxyl groups is 4. The fraction of sp³-hybridized carbons (Fsp3) is 0.348. The van der Waals surface area contributed by atoms with E-state index in [4.69, 9.17) is 35.0 Å². The maximum absolute atomic E-state index is 14.4. The molecule has 3 fully saturated rings. The zero-order chi connectivity index (χ0) is 47.8. The highest BCUT2D eigenvalue weighted by Gasteiger charge is 2.96. The summed E-state index contributed by atoms with van der Waals surface area (Å²) < 4.78 is 28.2. The number of aromatic hydroxyl groups is 3. The van der Waals surface area contributed by atoms with Gasteiger partial charge in [-0.1, -0.05) is 65.8 Å². The fourth-order valence-corrected chi connectivity index (χ4v) is 9.99. The van der Waals surface area contributed by atoms with Crippen LogP contribution in [0.2, 0.25) is 5.02 Å². The molecule has 0 spiro atoms. The number of esters is 2. The Bertz CT molecular complexity index is 2840. The van der Waals surface area contributed by atoms with Crippen LogP contribution in [0.1, 0.15) is 73.7 Å². The summed E-state index contributed by atoms with van der Waals surface area (Å²) in [6.45, 7) is 4.23. The Balaban J connectivity index is 0.943. The Hall–Kier alpha value is -6.45. The number of amides is 1. The molecule has 1 amide bonds. The quantitative estimate of drug-likeness (QED) is 0.0503. The number of anilines is 1. The minimum atomic E-state index is -2.88. The van der Waals surface area contributed by atoms with Crippen molar-refractivity contribution in [2.24, 2.45) is 0 Å². The van der Waals surface area contributed by atoms with Gasteiger partial charge in [-0.3, -0.25) is 19.2 Å². The lowest BCUT2D eigenvalue weighted by Gasteiger charge is -2.54. The number of hydrogen-bond donors (Lipinski definition) is 8. The molecule has 1 unspecified atom stereocenters. The number of phenolic OH excluding ortho intramolecular Hbond substituents is 2. The molecule has 8 N–H and O–H groups in total. The topological polar surface area (TPSA) is 309 Å². The maximum atomic E-state index is 14.4. The number of ketones is 2. The van der Waals surface area contributed by atoms with Crippen LogP contribution in [-0.4, -0.2) is 112 Å². The van der Waals surface area contributed by atoms with E-state index >= 15 is 0 Å². The van der Waals surface area contributed by atoms with Gasteiger partial charge in [0, 0.05) is 55.0 Å². The predicted molar refractivity (Wildman–Crippen MR) is 227 cm³/mol. The number of ether oxygens (including phenoxy) is 4. The van der Waals surface area contributed by atoms with Gasteiger partial charge in [0.1, 0.15) is 34.3 Å². The van der Waals surface area contributed by atoms with Crippen LogP contribution in [0.25, 0.3) is 11.0 Å². The van der Waals surface area contributed by atoms with Crippen molar-refractivity contribution in [1.82, 2.24) is 0 Å². The van der Waals surface area contributed by atoms with Gasteiger partial charge >= 0.3 is 17.6 Å². The first-order chi connectivity index (χ1) is 31.1. The predicted octanol–water partition coefficient (Wildman–Crippen LogP) is 3.00. The molecule has 3 heterocycles. The van der Waals surface area contributed by atoms with Crippen LogP contribution in [0.5, 0.6) is 17.2 Å². The summed E-state index contributed by atoms with van der Waals surface area (Å²) in [6, 6.07) is 4.95. The molecule has 19 nitrogen and oxygen atoms in total. The Kier molecular flexibility index (Phi) is 11.5. The molecule has 0 bridgehead atoms. The largest absolute Gasteiger partial charge is 0.507 e. The van der Waals surface area contributed by atoms with Crippen LogP contribution in [0.3, 0.4) is 0 Å². The van der Waals surface area contributed by atoms with Gasteiger partial charge < -0.3 is 64.4 Å². The van der Waals surface area contributed by atoms with Crippen molar-refractivity contribution >= 4 is 57.7 Å². The summed E-state index contributed by atoms with van der Waals surface area (Å²) in [5.41, 5.74) is -12.3. The molecule has 2 aliphatic heterocycles. The third kappa shape index (κ3) is 6.88. The number of rotatable bonds is 9. The number of hydrogen-bond acceptors (Lipinski definition) is 18. The lowest BCUT2D eigenvalue weighted by Crippen LogP contribution is -2.78. The minimum Gasteiger partial charge on any atom is -0.507 e. The number of aliphatic hydroxyl groups excluding tert-OH is 2. The summed E-state index contributed by atoms with van der Waals surface area (Å²) in [6.07, 6.45) is 2.51. The molecule has 66 heavy (non-hydrogen) atoms. The number of benzene rings is 2. The monoisotopic (exact) mass is 931 g/mol. The molecule has 3 aromatic rings. The normalized spacial score (nSPS) is 32.5. The van der Waals surface area contributed by atoms with Gasteiger partial charge in [0.2, 0.25) is 17.3 Å². The van der Waals surface area contributed by atoms with Gasteiger partial charge in [-0.25, -0.2) is 9.59 Å². The van der Waals surface area contributed by atoms with Crippen molar-refractivity contribution in [3.05, 3.63) is 117 Å². The Morgan fingerprint density at radius 2 is 1.61 bits per heavy atom. The van der Waals surface area contributed by atoms with Gasteiger partial charge in [0.05, 0.1) is 23.7 Å². The van der Waals surface area contributed by atoms with Crippen LogP contribution in [0, 0.1) is 0 Å². The smallest absolute Gasteiger partial charge is 0.364 e. The average Bonchev–Trinajstić information content (AvgIpc) is 3.98. The summed E-state index contributed by atoms with van der Waals surface area (Å²) in [5, 5.41) is 80.8. The Labute approximate surface area is 378 Å². The van der Waals surface area contributed by atoms with E-state index in [0.29, 0.717) is 5.57 Å². The average molecular weight is 932 g/mol. The van der Waals surface area contributed by atoms with Crippen LogP contribution in [0.4, 0.5) is 5.69 Å². The highest BCUT2D eigenvalue weighted by atomic mass is 35.5. The number of allylic oxidation sites excluding steroid dienone is 6. The lowest BCUT2D eigenvalue weighted by atomic mass is 9.50. The second-order valence-electron chi connectivity index (χ2n) is 16.7. The third-order valence-corrected chi connectivity index (χ3v) is 13.0. The van der Waals surface area contributed by atoms with Crippen LogP contribution in [-0.2, 0) is 38.1 Å². The summed E-state index contributed by atoms with van der Waals surface area (Å²) in [4.78, 5) is 77.7. The standard InChI is InChI=1S/C46H42ClNO18/c1-20-16-29(51)45(61)43(60,18-20)19-30(52)44-41(58)33-24(40(57)46(44,45)66-44)13-12-23(36(33)55)27-17-28(38(21(2)62-27)63-22(3)49)64-32(54)11-9-7-5-4-6-8-10-31(53)48-35-37(56)25-14-15-26(50)34(47)39(25)65-42(35)59/h4-16,21,27-28,30,38,41,50,52,55-56,58,60-61H,17-19H2,1-3H3,(H,48,53)/b6-4+,7-5+,10-8+,11-9+/t21-,27-,28-,30+,38-,41-,43-,44+,45-,46?/m1/s1. The first-order valence-corrected chi connectivity index (χ1v) is 20.8. The van der Waals surface area contributed by atoms with E-state index in [9.17, 15) is 64.5 Å². The molecule has 1 aromatic heterocycles. The van der Waals surface area contributed by atoms with E-state index in [2.05, 4.69) is 5.32 Å². The zero-order valence-corrected chi connectivity index (χ0v) is 35.8. The number of Topliss-reactive ketones (excluding diaryl/α,β-unsaturated/α-hetero) is 1. The number of nitrogens with one attached hydrogen (secondary N) is 1. The van der Waals surface area contributed by atoms with Gasteiger partial charge in [-0.15, -0.1) is 0 Å². The Morgan fingerprint density at radius 3 is 2.30 bits per heavy atom. The second kappa shape index (κ2) is 16.5.